The van der Waals surface area contributed by atoms with Gasteiger partial charge in [-0.1, -0.05) is 36.4 Å². The van der Waals surface area contributed by atoms with Crippen LogP contribution in [0.4, 0.5) is 11.4 Å². The molecule has 0 spiro atoms. The van der Waals surface area contributed by atoms with Gasteiger partial charge in [-0.15, -0.1) is 0 Å². The van der Waals surface area contributed by atoms with Crippen molar-refractivity contribution < 1.29 is 9.90 Å². The maximum absolute atomic E-state index is 12.6. The molecule has 3 N–H and O–H groups in total. The summed E-state index contributed by atoms with van der Waals surface area (Å²) in [7, 11) is 0. The number of hydrazone groups is 1. The summed E-state index contributed by atoms with van der Waals surface area (Å²) in [5, 5.41) is 17.0. The van der Waals surface area contributed by atoms with Crippen LogP contribution in [0, 0.1) is 13.8 Å². The molecule has 0 bridgehead atoms. The fourth-order valence-corrected chi connectivity index (χ4v) is 2.64. The molecule has 3 aromatic rings. The van der Waals surface area contributed by atoms with Gasteiger partial charge in [-0.05, 0) is 55.3 Å². The van der Waals surface area contributed by atoms with E-state index in [4.69, 9.17) is 0 Å². The number of phenolic OH excluding ortho intramolecular Hbond substituents is 1. The van der Waals surface area contributed by atoms with E-state index >= 15 is 0 Å². The SMILES string of the molecule is Cc1cccc(Nc2ccccc2C(=O)N/N=C/c2ccccc2O)c1C. The zero-order valence-electron chi connectivity index (χ0n) is 15.2. The second-order valence-electron chi connectivity index (χ2n) is 6.18. The van der Waals surface area contributed by atoms with Crippen LogP contribution in [0.3, 0.4) is 0 Å². The first-order valence-electron chi connectivity index (χ1n) is 8.60. The Morgan fingerprint density at radius 3 is 2.44 bits per heavy atom. The third kappa shape index (κ3) is 4.33. The summed E-state index contributed by atoms with van der Waals surface area (Å²) in [6.45, 7) is 4.09. The van der Waals surface area contributed by atoms with Crippen molar-refractivity contribution in [3.05, 3.63) is 89.0 Å². The summed E-state index contributed by atoms with van der Waals surface area (Å²) in [6, 6.07) is 20.0. The highest BCUT2D eigenvalue weighted by atomic mass is 16.3. The average molecular weight is 359 g/mol. The number of nitrogens with zero attached hydrogens (tertiary/aromatic N) is 1. The summed E-state index contributed by atoms with van der Waals surface area (Å²) in [5.41, 5.74) is 7.47. The molecule has 0 fully saturated rings. The van der Waals surface area contributed by atoms with Crippen molar-refractivity contribution in [2.45, 2.75) is 13.8 Å². The number of rotatable bonds is 5. The van der Waals surface area contributed by atoms with E-state index in [1.54, 1.807) is 36.4 Å². The predicted octanol–water partition coefficient (Wildman–Crippen LogP) is 4.52. The fourth-order valence-electron chi connectivity index (χ4n) is 2.64. The molecule has 0 aliphatic carbocycles. The van der Waals surface area contributed by atoms with Crippen LogP contribution in [0.1, 0.15) is 27.0 Å². The molecule has 0 aliphatic rings. The third-order valence-electron chi connectivity index (χ3n) is 4.35. The molecule has 0 saturated carbocycles. The lowest BCUT2D eigenvalue weighted by Gasteiger charge is -2.14. The van der Waals surface area contributed by atoms with Gasteiger partial charge in [0.15, 0.2) is 0 Å². The fraction of sp³-hybridized carbons (Fsp3) is 0.0909. The largest absolute Gasteiger partial charge is 0.507 e. The van der Waals surface area contributed by atoms with Gasteiger partial charge in [0, 0.05) is 11.3 Å². The van der Waals surface area contributed by atoms with Crippen LogP contribution in [0.25, 0.3) is 0 Å². The van der Waals surface area contributed by atoms with Crippen molar-refractivity contribution in [3.8, 4) is 5.75 Å². The Hall–Kier alpha value is -3.60. The number of hydrogen-bond acceptors (Lipinski definition) is 4. The molecule has 1 amide bonds. The van der Waals surface area contributed by atoms with Gasteiger partial charge in [0.2, 0.25) is 0 Å². The molecule has 5 nitrogen and oxygen atoms in total. The number of aromatic hydroxyl groups is 1. The van der Waals surface area contributed by atoms with Gasteiger partial charge in [-0.2, -0.15) is 5.10 Å². The molecular formula is C22H21N3O2. The van der Waals surface area contributed by atoms with Crippen LogP contribution in [0.2, 0.25) is 0 Å². The third-order valence-corrected chi connectivity index (χ3v) is 4.35. The Balaban J connectivity index is 1.78. The quantitative estimate of drug-likeness (QED) is 0.463. The summed E-state index contributed by atoms with van der Waals surface area (Å²) in [5.74, 6) is -0.234. The van der Waals surface area contributed by atoms with Gasteiger partial charge in [-0.25, -0.2) is 5.43 Å². The van der Waals surface area contributed by atoms with E-state index in [9.17, 15) is 9.90 Å². The maximum atomic E-state index is 12.6. The zero-order chi connectivity index (χ0) is 19.2. The van der Waals surface area contributed by atoms with Crippen LogP contribution < -0.4 is 10.7 Å². The zero-order valence-corrected chi connectivity index (χ0v) is 15.2. The molecule has 136 valence electrons. The number of amides is 1. The van der Waals surface area contributed by atoms with E-state index in [1.807, 2.05) is 44.2 Å². The molecule has 0 saturated heterocycles. The maximum Gasteiger partial charge on any atom is 0.273 e. The smallest absolute Gasteiger partial charge is 0.273 e. The Kier molecular flexibility index (Phi) is 5.52. The summed E-state index contributed by atoms with van der Waals surface area (Å²) < 4.78 is 0. The lowest BCUT2D eigenvalue weighted by Crippen LogP contribution is -2.19. The molecule has 0 aliphatic heterocycles. The molecule has 5 heteroatoms. The number of anilines is 2. The normalized spacial score (nSPS) is 10.7. The minimum absolute atomic E-state index is 0.104. The van der Waals surface area contributed by atoms with Crippen LogP contribution in [-0.4, -0.2) is 17.2 Å². The molecule has 0 atom stereocenters. The number of aryl methyl sites for hydroxylation is 1. The highest BCUT2D eigenvalue weighted by Gasteiger charge is 2.11. The van der Waals surface area contributed by atoms with Crippen molar-refractivity contribution in [2.24, 2.45) is 5.10 Å². The van der Waals surface area contributed by atoms with Gasteiger partial charge >= 0.3 is 0 Å². The van der Waals surface area contributed by atoms with Gasteiger partial charge in [0.25, 0.3) is 5.91 Å². The van der Waals surface area contributed by atoms with Gasteiger partial charge in [0.05, 0.1) is 17.5 Å². The van der Waals surface area contributed by atoms with E-state index in [2.05, 4.69) is 15.8 Å². The first-order valence-corrected chi connectivity index (χ1v) is 8.60. The lowest BCUT2D eigenvalue weighted by molar-refractivity contribution is 0.0956. The Morgan fingerprint density at radius 1 is 0.926 bits per heavy atom. The topological polar surface area (TPSA) is 73.7 Å². The van der Waals surface area contributed by atoms with E-state index in [-0.39, 0.29) is 11.7 Å². The van der Waals surface area contributed by atoms with E-state index < -0.39 is 0 Å². The molecule has 3 aromatic carbocycles. The minimum atomic E-state index is -0.338. The van der Waals surface area contributed by atoms with Crippen LogP contribution >= 0.6 is 0 Å². The van der Waals surface area contributed by atoms with Crippen molar-refractivity contribution in [1.82, 2.24) is 5.43 Å². The molecule has 0 radical (unpaired) electrons. The second kappa shape index (κ2) is 8.19. The van der Waals surface area contributed by atoms with Gasteiger partial charge in [-0.3, -0.25) is 4.79 Å². The van der Waals surface area contributed by atoms with Gasteiger partial charge in [0.1, 0.15) is 5.75 Å². The second-order valence-corrected chi connectivity index (χ2v) is 6.18. The average Bonchev–Trinajstić information content (AvgIpc) is 2.67. The number of hydrogen-bond donors (Lipinski definition) is 3. The lowest BCUT2D eigenvalue weighted by atomic mass is 10.1. The molecule has 3 rings (SSSR count). The first-order chi connectivity index (χ1) is 13.1. The van der Waals surface area contributed by atoms with Crippen LogP contribution in [0.15, 0.2) is 71.8 Å². The first kappa shape index (κ1) is 18.2. The molecular weight excluding hydrogens is 338 g/mol. The number of para-hydroxylation sites is 2. The number of phenols is 1. The molecule has 0 unspecified atom stereocenters. The van der Waals surface area contributed by atoms with Crippen molar-refractivity contribution in [3.63, 3.8) is 0 Å². The highest BCUT2D eigenvalue weighted by Crippen LogP contribution is 2.25. The predicted molar refractivity (Wildman–Crippen MR) is 109 cm³/mol. The van der Waals surface area contributed by atoms with Crippen molar-refractivity contribution in [2.75, 3.05) is 5.32 Å². The van der Waals surface area contributed by atoms with E-state index in [0.717, 1.165) is 11.3 Å². The minimum Gasteiger partial charge on any atom is -0.507 e. The number of carbonyl (C=O) groups is 1. The Bertz CT molecular complexity index is 996. The van der Waals surface area contributed by atoms with Crippen molar-refractivity contribution >= 4 is 23.5 Å². The van der Waals surface area contributed by atoms with Crippen LogP contribution in [0.5, 0.6) is 5.75 Å². The van der Waals surface area contributed by atoms with Gasteiger partial charge < -0.3 is 10.4 Å². The highest BCUT2D eigenvalue weighted by molar-refractivity contribution is 6.00. The van der Waals surface area contributed by atoms with Crippen molar-refractivity contribution in [1.29, 1.82) is 0 Å². The Labute approximate surface area is 158 Å². The number of carbonyl (C=O) groups excluding carboxylic acids is 1. The van der Waals surface area contributed by atoms with E-state index in [0.29, 0.717) is 16.8 Å². The monoisotopic (exact) mass is 359 g/mol. The summed E-state index contributed by atoms with van der Waals surface area (Å²) in [6.07, 6.45) is 1.41. The number of nitrogens with one attached hydrogen (secondary N) is 2. The van der Waals surface area contributed by atoms with Crippen LogP contribution in [-0.2, 0) is 0 Å². The number of benzene rings is 3. The molecule has 0 aromatic heterocycles. The summed E-state index contributed by atoms with van der Waals surface area (Å²) >= 11 is 0. The van der Waals surface area contributed by atoms with E-state index in [1.165, 1.54) is 11.8 Å². The Morgan fingerprint density at radius 2 is 1.63 bits per heavy atom. The standard InChI is InChI=1S/C22H21N3O2/c1-15-8-7-12-19(16(15)2)24-20-11-5-4-10-18(20)22(27)25-23-14-17-9-3-6-13-21(17)26/h3-14,24,26H,1-2H3,(H,25,27)/b23-14+. The molecule has 27 heavy (non-hydrogen) atoms. The molecule has 0 heterocycles. The summed E-state index contributed by atoms with van der Waals surface area (Å²) in [4.78, 5) is 12.6.